The van der Waals surface area contributed by atoms with Gasteiger partial charge in [0.15, 0.2) is 0 Å². The summed E-state index contributed by atoms with van der Waals surface area (Å²) >= 11 is 0. The lowest BCUT2D eigenvalue weighted by Crippen LogP contribution is -2.21. The Hall–Kier alpha value is -0.610. The summed E-state index contributed by atoms with van der Waals surface area (Å²) in [6.45, 7) is 4.47. The van der Waals surface area contributed by atoms with Crippen LogP contribution in [0.25, 0.3) is 0 Å². The maximum absolute atomic E-state index is 10.8. The Kier molecular flexibility index (Phi) is 6.42. The number of esters is 1. The number of ether oxygens (including phenoxy) is 1. The fraction of sp³-hybridized carbons (Fsp3) is 0.917. The van der Waals surface area contributed by atoms with Crippen LogP contribution in [-0.4, -0.2) is 51.2 Å². The van der Waals surface area contributed by atoms with Crippen LogP contribution in [0.1, 0.15) is 25.7 Å². The number of nitrogens with one attached hydrogen (secondary N) is 1. The summed E-state index contributed by atoms with van der Waals surface area (Å²) in [7, 11) is 3.62. The molecule has 1 aliphatic heterocycles. The van der Waals surface area contributed by atoms with Crippen molar-refractivity contribution in [3.63, 3.8) is 0 Å². The van der Waals surface area contributed by atoms with Gasteiger partial charge in [0.05, 0.1) is 7.11 Å². The smallest absolute Gasteiger partial charge is 0.305 e. The van der Waals surface area contributed by atoms with Gasteiger partial charge in [0.25, 0.3) is 0 Å². The van der Waals surface area contributed by atoms with Gasteiger partial charge in [-0.25, -0.2) is 0 Å². The molecule has 0 aromatic rings. The minimum absolute atomic E-state index is 0.112. The van der Waals surface area contributed by atoms with E-state index in [9.17, 15) is 4.79 Å². The molecule has 1 atom stereocenters. The molecule has 94 valence electrons. The number of carbonyl (C=O) groups is 1. The molecule has 0 radical (unpaired) electrons. The van der Waals surface area contributed by atoms with Crippen LogP contribution in [0.5, 0.6) is 0 Å². The Morgan fingerprint density at radius 1 is 1.50 bits per heavy atom. The molecule has 16 heavy (non-hydrogen) atoms. The molecule has 1 fully saturated rings. The van der Waals surface area contributed by atoms with Crippen LogP contribution in [0.2, 0.25) is 0 Å². The Labute approximate surface area is 98.3 Å². The molecule has 1 heterocycles. The quantitative estimate of drug-likeness (QED) is 0.518. The zero-order valence-electron chi connectivity index (χ0n) is 10.5. The highest BCUT2D eigenvalue weighted by Crippen LogP contribution is 2.16. The average molecular weight is 228 g/mol. The van der Waals surface area contributed by atoms with E-state index in [0.717, 1.165) is 25.4 Å². The normalized spacial score (nSPS) is 21.2. The van der Waals surface area contributed by atoms with Gasteiger partial charge >= 0.3 is 5.97 Å². The van der Waals surface area contributed by atoms with E-state index in [1.54, 1.807) is 0 Å². The third kappa shape index (κ3) is 5.47. The van der Waals surface area contributed by atoms with E-state index in [2.05, 4.69) is 22.0 Å². The molecule has 0 saturated carbocycles. The number of methoxy groups -OCH3 is 1. The van der Waals surface area contributed by atoms with E-state index >= 15 is 0 Å². The molecule has 0 aromatic heterocycles. The van der Waals surface area contributed by atoms with Crippen LogP contribution >= 0.6 is 0 Å². The van der Waals surface area contributed by atoms with Gasteiger partial charge in [-0.15, -0.1) is 0 Å². The minimum atomic E-state index is -0.112. The summed E-state index contributed by atoms with van der Waals surface area (Å²) in [5.74, 6) is 0.748. The van der Waals surface area contributed by atoms with E-state index in [0.29, 0.717) is 6.42 Å². The van der Waals surface area contributed by atoms with Gasteiger partial charge in [-0.2, -0.15) is 0 Å². The monoisotopic (exact) mass is 228 g/mol. The van der Waals surface area contributed by atoms with E-state index < -0.39 is 0 Å². The average Bonchev–Trinajstić information content (AvgIpc) is 2.69. The lowest BCUT2D eigenvalue weighted by Gasteiger charge is -2.10. The second-order valence-electron chi connectivity index (χ2n) is 4.64. The molecule has 1 rings (SSSR count). The number of likely N-dealkylation sites (tertiary alicyclic amines) is 1. The SMILES string of the molecule is COC(=O)CCCNCCC1CCN(C)C1. The van der Waals surface area contributed by atoms with Crippen molar-refractivity contribution in [1.29, 1.82) is 0 Å². The zero-order chi connectivity index (χ0) is 11.8. The lowest BCUT2D eigenvalue weighted by molar-refractivity contribution is -0.140. The van der Waals surface area contributed by atoms with Crippen molar-refractivity contribution in [2.75, 3.05) is 40.3 Å². The van der Waals surface area contributed by atoms with E-state index in [4.69, 9.17) is 0 Å². The van der Waals surface area contributed by atoms with Crippen molar-refractivity contribution in [3.8, 4) is 0 Å². The third-order valence-electron chi connectivity index (χ3n) is 3.18. The second kappa shape index (κ2) is 7.63. The Balaban J connectivity index is 1.86. The standard InChI is InChI=1S/C12H24N2O2/c1-14-9-6-11(10-14)5-8-13-7-3-4-12(15)16-2/h11,13H,3-10H2,1-2H3. The highest BCUT2D eigenvalue weighted by atomic mass is 16.5. The van der Waals surface area contributed by atoms with Gasteiger partial charge in [-0.05, 0) is 51.9 Å². The molecule has 0 aliphatic carbocycles. The first-order valence-corrected chi connectivity index (χ1v) is 6.18. The van der Waals surface area contributed by atoms with Crippen molar-refractivity contribution in [2.45, 2.75) is 25.7 Å². The van der Waals surface area contributed by atoms with Crippen molar-refractivity contribution >= 4 is 5.97 Å². The Morgan fingerprint density at radius 3 is 2.94 bits per heavy atom. The van der Waals surface area contributed by atoms with Gasteiger partial charge in [0.1, 0.15) is 0 Å². The van der Waals surface area contributed by atoms with E-state index in [-0.39, 0.29) is 5.97 Å². The minimum Gasteiger partial charge on any atom is -0.469 e. The van der Waals surface area contributed by atoms with Crippen molar-refractivity contribution in [3.05, 3.63) is 0 Å². The molecule has 1 aliphatic rings. The van der Waals surface area contributed by atoms with Crippen molar-refractivity contribution in [1.82, 2.24) is 10.2 Å². The predicted octanol–water partition coefficient (Wildman–Crippen LogP) is 0.871. The summed E-state index contributed by atoms with van der Waals surface area (Å²) in [4.78, 5) is 13.2. The highest BCUT2D eigenvalue weighted by Gasteiger charge is 2.18. The number of nitrogens with zero attached hydrogens (tertiary/aromatic N) is 1. The van der Waals surface area contributed by atoms with Crippen LogP contribution in [-0.2, 0) is 9.53 Å². The van der Waals surface area contributed by atoms with Gasteiger partial charge in [-0.1, -0.05) is 0 Å². The maximum atomic E-state index is 10.8. The maximum Gasteiger partial charge on any atom is 0.305 e. The highest BCUT2D eigenvalue weighted by molar-refractivity contribution is 5.68. The van der Waals surface area contributed by atoms with E-state index in [1.807, 2.05) is 0 Å². The number of rotatable bonds is 7. The van der Waals surface area contributed by atoms with Crippen LogP contribution in [0.15, 0.2) is 0 Å². The van der Waals surface area contributed by atoms with Crippen LogP contribution in [0.4, 0.5) is 0 Å². The number of hydrogen-bond acceptors (Lipinski definition) is 4. The molecule has 0 spiro atoms. The van der Waals surface area contributed by atoms with Gasteiger partial charge < -0.3 is 15.0 Å². The zero-order valence-corrected chi connectivity index (χ0v) is 10.5. The number of carbonyl (C=O) groups excluding carboxylic acids is 1. The predicted molar refractivity (Wildman–Crippen MR) is 64.3 cm³/mol. The molecule has 4 nitrogen and oxygen atoms in total. The first-order valence-electron chi connectivity index (χ1n) is 6.18. The first kappa shape index (κ1) is 13.5. The lowest BCUT2D eigenvalue weighted by atomic mass is 10.1. The summed E-state index contributed by atoms with van der Waals surface area (Å²) in [6, 6.07) is 0. The third-order valence-corrected chi connectivity index (χ3v) is 3.18. The van der Waals surface area contributed by atoms with Gasteiger partial charge in [-0.3, -0.25) is 4.79 Å². The molecule has 0 aromatic carbocycles. The van der Waals surface area contributed by atoms with Crippen molar-refractivity contribution < 1.29 is 9.53 Å². The molecule has 0 bridgehead atoms. The van der Waals surface area contributed by atoms with Crippen LogP contribution in [0.3, 0.4) is 0 Å². The van der Waals surface area contributed by atoms with Crippen LogP contribution in [0, 0.1) is 5.92 Å². The first-order chi connectivity index (χ1) is 7.72. The second-order valence-corrected chi connectivity index (χ2v) is 4.64. The molecular formula is C12H24N2O2. The van der Waals surface area contributed by atoms with Gasteiger partial charge in [0, 0.05) is 13.0 Å². The fourth-order valence-electron chi connectivity index (χ4n) is 2.15. The Morgan fingerprint density at radius 2 is 2.31 bits per heavy atom. The van der Waals surface area contributed by atoms with Gasteiger partial charge in [0.2, 0.25) is 0 Å². The molecule has 1 N–H and O–H groups in total. The summed E-state index contributed by atoms with van der Waals surface area (Å²) in [5.41, 5.74) is 0. The molecule has 1 unspecified atom stereocenters. The summed E-state index contributed by atoms with van der Waals surface area (Å²) in [6.07, 6.45) is 3.98. The summed E-state index contributed by atoms with van der Waals surface area (Å²) < 4.78 is 4.58. The number of hydrogen-bond donors (Lipinski definition) is 1. The molecule has 1 saturated heterocycles. The molecule has 4 heteroatoms. The Bertz CT molecular complexity index is 209. The van der Waals surface area contributed by atoms with Crippen molar-refractivity contribution in [2.24, 2.45) is 5.92 Å². The van der Waals surface area contributed by atoms with E-state index in [1.165, 1.54) is 33.0 Å². The fourth-order valence-corrected chi connectivity index (χ4v) is 2.15. The topological polar surface area (TPSA) is 41.6 Å². The largest absolute Gasteiger partial charge is 0.469 e. The summed E-state index contributed by atoms with van der Waals surface area (Å²) in [5, 5.41) is 3.38. The van der Waals surface area contributed by atoms with Crippen LogP contribution < -0.4 is 5.32 Å². The molecular weight excluding hydrogens is 204 g/mol. The molecule has 0 amide bonds.